The molecular formula is C68H68N12O5. The van der Waals surface area contributed by atoms with E-state index in [9.17, 15) is 4.79 Å². The number of carbonyl (C=O) groups is 1. The third kappa shape index (κ3) is 14.9. The van der Waals surface area contributed by atoms with Crippen LogP contribution in [0.3, 0.4) is 0 Å². The summed E-state index contributed by atoms with van der Waals surface area (Å²) in [5, 5.41) is 12.6. The third-order valence-electron chi connectivity index (χ3n) is 13.8. The summed E-state index contributed by atoms with van der Waals surface area (Å²) in [6.07, 6.45) is 19.9. The first-order valence-electron chi connectivity index (χ1n) is 28.0. The number of fused-ring (bicyclic) bond motifs is 3. The summed E-state index contributed by atoms with van der Waals surface area (Å²) in [5.74, 6) is 4.60. The van der Waals surface area contributed by atoms with Gasteiger partial charge in [0.25, 0.3) is 0 Å². The van der Waals surface area contributed by atoms with Gasteiger partial charge in [-0.05, 0) is 134 Å². The van der Waals surface area contributed by atoms with Gasteiger partial charge in [-0.15, -0.1) is 0 Å². The standard InChI is InChI=1S/C29H34N4O3.C20H18N4O.C19H16N4O/c1-29(2,3)36-28(34)32-15-7-8-17-33-19-24(26-25(33)14-16-31-27(26)30)22-12-9-13-23(18-22)35-20-21-10-5-4-6-11-21;1-25-16-6-2-5-15(10-16)17-13-23-18-7-9-22-20(19(17)18)24-12-14-4-3-8-21-11-14;1-24-15-6-2-4-13(10-15)16-12-22-17-7-9-21-19(18(16)17)23-14-5-3-8-20-11-14/h4-6,9-14,16,18-19H,7-8,15,17,20H2,1-3H3,(H2,30,31)(H,32,34);2-11,13,23H,12H2,1H3,(H,22,24);2-12,22H,1H3,(H,21,23). The van der Waals surface area contributed by atoms with Gasteiger partial charge in [0.2, 0.25) is 0 Å². The predicted octanol–water partition coefficient (Wildman–Crippen LogP) is 14.8. The summed E-state index contributed by atoms with van der Waals surface area (Å²) in [6.45, 7) is 8.09. The molecule has 0 aliphatic carbocycles. The number of alkyl carbamates (subject to hydrolysis) is 1. The van der Waals surface area contributed by atoms with Gasteiger partial charge in [0.05, 0.1) is 48.0 Å². The Morgan fingerprint density at radius 2 is 1.20 bits per heavy atom. The second-order valence-corrected chi connectivity index (χ2v) is 20.9. The van der Waals surface area contributed by atoms with E-state index >= 15 is 0 Å². The maximum atomic E-state index is 11.8. The lowest BCUT2D eigenvalue weighted by Crippen LogP contribution is -2.33. The number of carbonyl (C=O) groups excluding carboxylic acids is 1. The van der Waals surface area contributed by atoms with Gasteiger partial charge >= 0.3 is 6.09 Å². The van der Waals surface area contributed by atoms with Crippen molar-refractivity contribution in [2.75, 3.05) is 37.1 Å². The number of nitrogen functional groups attached to an aromatic ring is 1. The van der Waals surface area contributed by atoms with Crippen LogP contribution in [0.15, 0.2) is 208 Å². The Morgan fingerprint density at radius 3 is 1.84 bits per heavy atom. The number of benzene rings is 4. The van der Waals surface area contributed by atoms with Crippen LogP contribution in [0.4, 0.5) is 27.9 Å². The van der Waals surface area contributed by atoms with Crippen LogP contribution in [0.2, 0.25) is 0 Å². The lowest BCUT2D eigenvalue weighted by molar-refractivity contribution is 0.0526. The maximum absolute atomic E-state index is 11.8. The molecule has 7 N–H and O–H groups in total. The number of methoxy groups -OCH3 is 2. The molecule has 0 fully saturated rings. The van der Waals surface area contributed by atoms with E-state index in [4.69, 9.17) is 24.7 Å². The van der Waals surface area contributed by atoms with Crippen molar-refractivity contribution < 1.29 is 23.7 Å². The molecule has 0 bridgehead atoms. The number of amides is 1. The van der Waals surface area contributed by atoms with E-state index in [0.29, 0.717) is 25.5 Å². The number of anilines is 4. The minimum Gasteiger partial charge on any atom is -0.497 e. The van der Waals surface area contributed by atoms with Crippen molar-refractivity contribution in [2.45, 2.75) is 58.9 Å². The molecule has 0 atom stereocenters. The largest absolute Gasteiger partial charge is 0.497 e. The van der Waals surface area contributed by atoms with Crippen LogP contribution in [0, 0.1) is 0 Å². The van der Waals surface area contributed by atoms with Gasteiger partial charge in [0.15, 0.2) is 0 Å². The first-order valence-corrected chi connectivity index (χ1v) is 28.0. The Labute approximate surface area is 493 Å². The van der Waals surface area contributed by atoms with Crippen LogP contribution >= 0.6 is 0 Å². The summed E-state index contributed by atoms with van der Waals surface area (Å²) in [6, 6.07) is 48.0. The Hall–Kier alpha value is -10.7. The van der Waals surface area contributed by atoms with Crippen LogP contribution < -0.4 is 35.9 Å². The number of rotatable bonds is 18. The molecule has 0 radical (unpaired) electrons. The lowest BCUT2D eigenvalue weighted by atomic mass is 10.0. The number of unbranched alkanes of at least 4 members (excludes halogenated alkanes) is 1. The van der Waals surface area contributed by atoms with Crippen LogP contribution in [0.25, 0.3) is 66.1 Å². The molecule has 85 heavy (non-hydrogen) atoms. The topological polar surface area (TPSA) is 217 Å². The fraction of sp³-hybridized carbons (Fsp3) is 0.176. The van der Waals surface area contributed by atoms with Gasteiger partial charge in [-0.1, -0.05) is 72.8 Å². The molecule has 430 valence electrons. The fourth-order valence-corrected chi connectivity index (χ4v) is 9.76. The third-order valence-corrected chi connectivity index (χ3v) is 13.8. The Kier molecular flexibility index (Phi) is 18.5. The molecule has 0 spiro atoms. The minimum atomic E-state index is -0.498. The molecule has 4 aromatic carbocycles. The van der Waals surface area contributed by atoms with Crippen molar-refractivity contribution in [3.05, 3.63) is 219 Å². The van der Waals surface area contributed by atoms with Crippen molar-refractivity contribution >= 4 is 61.9 Å². The predicted molar refractivity (Wildman–Crippen MR) is 339 cm³/mol. The number of aromatic nitrogens is 8. The van der Waals surface area contributed by atoms with Gasteiger partial charge in [-0.3, -0.25) is 9.97 Å². The molecule has 1 amide bonds. The molecule has 12 aromatic rings. The molecule has 0 saturated carbocycles. The highest BCUT2D eigenvalue weighted by Gasteiger charge is 2.18. The lowest BCUT2D eigenvalue weighted by Gasteiger charge is -2.19. The fourth-order valence-electron chi connectivity index (χ4n) is 9.76. The molecule has 0 unspecified atom stereocenters. The molecule has 8 heterocycles. The zero-order chi connectivity index (χ0) is 59.0. The number of aromatic amines is 2. The van der Waals surface area contributed by atoms with E-state index < -0.39 is 5.60 Å². The highest BCUT2D eigenvalue weighted by atomic mass is 16.6. The first-order chi connectivity index (χ1) is 41.5. The van der Waals surface area contributed by atoms with Gasteiger partial charge in [0, 0.05) is 103 Å². The molecular weight excluding hydrogens is 1060 g/mol. The highest BCUT2D eigenvalue weighted by Crippen LogP contribution is 2.38. The van der Waals surface area contributed by atoms with Gasteiger partial charge in [-0.25, -0.2) is 19.7 Å². The van der Waals surface area contributed by atoms with E-state index in [2.05, 4.69) is 79.8 Å². The van der Waals surface area contributed by atoms with Crippen LogP contribution in [-0.2, 0) is 24.4 Å². The zero-order valence-corrected chi connectivity index (χ0v) is 48.2. The maximum Gasteiger partial charge on any atom is 0.407 e. The van der Waals surface area contributed by atoms with Crippen molar-refractivity contribution in [1.82, 2.24) is 44.8 Å². The average molecular weight is 1130 g/mol. The van der Waals surface area contributed by atoms with Crippen molar-refractivity contribution in [3.63, 3.8) is 0 Å². The summed E-state index contributed by atoms with van der Waals surface area (Å²) in [4.78, 5) is 40.2. The Balaban J connectivity index is 0.000000146. The smallest absolute Gasteiger partial charge is 0.407 e. The molecule has 12 rings (SSSR count). The van der Waals surface area contributed by atoms with Gasteiger partial charge in [-0.2, -0.15) is 0 Å². The molecule has 0 aliphatic rings. The minimum absolute atomic E-state index is 0.385. The number of hydrogen-bond acceptors (Lipinski definition) is 13. The van der Waals surface area contributed by atoms with Crippen molar-refractivity contribution in [3.8, 4) is 50.6 Å². The number of pyridine rings is 5. The second-order valence-electron chi connectivity index (χ2n) is 20.9. The number of ether oxygens (including phenoxy) is 4. The van der Waals surface area contributed by atoms with Crippen LogP contribution in [0.5, 0.6) is 17.2 Å². The van der Waals surface area contributed by atoms with Crippen molar-refractivity contribution in [2.24, 2.45) is 0 Å². The summed E-state index contributed by atoms with van der Waals surface area (Å²) >= 11 is 0. The molecule has 8 aromatic heterocycles. The van der Waals surface area contributed by atoms with E-state index in [1.807, 2.05) is 167 Å². The monoisotopic (exact) mass is 1130 g/mol. The van der Waals surface area contributed by atoms with Crippen molar-refractivity contribution in [1.29, 1.82) is 0 Å². The normalized spacial score (nSPS) is 11.0. The van der Waals surface area contributed by atoms with E-state index in [1.54, 1.807) is 51.4 Å². The quantitative estimate of drug-likeness (QED) is 0.0441. The molecule has 17 nitrogen and oxygen atoms in total. The summed E-state index contributed by atoms with van der Waals surface area (Å²) < 4.78 is 24.2. The number of nitrogens with zero attached hydrogens (tertiary/aromatic N) is 6. The summed E-state index contributed by atoms with van der Waals surface area (Å²) in [5.41, 5.74) is 18.4. The molecule has 0 aliphatic heterocycles. The number of aryl methyl sites for hydroxylation is 1. The van der Waals surface area contributed by atoms with E-state index in [0.717, 1.165) is 131 Å². The second kappa shape index (κ2) is 27.4. The Bertz CT molecular complexity index is 4120. The Morgan fingerprint density at radius 1 is 0.600 bits per heavy atom. The number of nitrogens with one attached hydrogen (secondary N) is 5. The van der Waals surface area contributed by atoms with Gasteiger partial charge in [0.1, 0.15) is 46.9 Å². The van der Waals surface area contributed by atoms with Crippen LogP contribution in [0.1, 0.15) is 44.7 Å². The highest BCUT2D eigenvalue weighted by molar-refractivity contribution is 6.05. The number of H-pyrrole nitrogens is 2. The zero-order valence-electron chi connectivity index (χ0n) is 48.2. The van der Waals surface area contributed by atoms with E-state index in [-0.39, 0.29) is 6.09 Å². The number of nitrogens with two attached hydrogens (primary N) is 1. The number of hydrogen-bond donors (Lipinski definition) is 6. The molecule has 0 saturated heterocycles. The average Bonchev–Trinajstić information content (AvgIpc) is 2.57. The summed E-state index contributed by atoms with van der Waals surface area (Å²) in [7, 11) is 3.35. The van der Waals surface area contributed by atoms with Gasteiger partial charge < -0.3 is 55.2 Å². The van der Waals surface area contributed by atoms with Crippen LogP contribution in [-0.4, -0.2) is 71.9 Å². The molecule has 17 heteroatoms. The van der Waals surface area contributed by atoms with E-state index in [1.165, 1.54) is 0 Å². The first kappa shape index (κ1) is 57.6. The SMILES string of the molecule is CC(C)(C)OC(=O)NCCCCn1cc(-c2cccc(OCc3ccccc3)c2)c2c(N)nccc21.COc1cccc(-c2c[nH]c3ccnc(NCc4cccnc4)c23)c1.COc1cccc(-c2c[nH]c3ccnc(Nc4cccnc4)c23)c1.